The van der Waals surface area contributed by atoms with E-state index in [0.29, 0.717) is 34.0 Å². The van der Waals surface area contributed by atoms with Crippen molar-refractivity contribution in [3.8, 4) is 5.75 Å². The number of nitrogens with one attached hydrogen (secondary N) is 1. The number of aromatic nitrogens is 2. The summed E-state index contributed by atoms with van der Waals surface area (Å²) in [5.41, 5.74) is 2.53. The summed E-state index contributed by atoms with van der Waals surface area (Å²) in [4.78, 5) is 18.0. The highest BCUT2D eigenvalue weighted by Gasteiger charge is 2.30. The number of ether oxygens (including phenoxy) is 1. The third kappa shape index (κ3) is 4.49. The first-order valence-corrected chi connectivity index (χ1v) is 10.3. The molecule has 0 bridgehead atoms. The molecule has 0 saturated heterocycles. The number of rotatable bonds is 6. The van der Waals surface area contributed by atoms with E-state index in [-0.39, 0.29) is 5.91 Å². The first kappa shape index (κ1) is 20.4. The zero-order valence-electron chi connectivity index (χ0n) is 16.0. The van der Waals surface area contributed by atoms with E-state index in [1.54, 1.807) is 18.0 Å². The van der Waals surface area contributed by atoms with Gasteiger partial charge in [-0.2, -0.15) is 5.10 Å². The van der Waals surface area contributed by atoms with Crippen molar-refractivity contribution in [3.05, 3.63) is 75.4 Å². The van der Waals surface area contributed by atoms with E-state index < -0.39 is 6.10 Å². The SMILES string of the molecule is COc1ccc(C2=NOC(C(=O)Nc3nn(Cc4ccccc4Cl)cc3Br)C2)cc1. The first-order chi connectivity index (χ1) is 14.5. The smallest absolute Gasteiger partial charge is 0.269 e. The maximum absolute atomic E-state index is 12.6. The standard InChI is InChI=1S/C21H18BrClN4O3/c1-29-15-8-6-13(7-9-15)18-10-19(30-26-18)21(28)24-20-16(22)12-27(25-20)11-14-4-2-3-5-17(14)23/h2-9,12,19H,10-11H2,1H3,(H,24,25,28). The van der Waals surface area contributed by atoms with Gasteiger partial charge in [0.05, 0.1) is 23.8 Å². The number of carbonyl (C=O) groups excluding carboxylic acids is 1. The molecule has 30 heavy (non-hydrogen) atoms. The average Bonchev–Trinajstić information content (AvgIpc) is 3.37. The number of benzene rings is 2. The normalized spacial score (nSPS) is 15.4. The van der Waals surface area contributed by atoms with Crippen molar-refractivity contribution < 1.29 is 14.4 Å². The lowest BCUT2D eigenvalue weighted by molar-refractivity contribution is -0.125. The van der Waals surface area contributed by atoms with Gasteiger partial charge < -0.3 is 14.9 Å². The highest BCUT2D eigenvalue weighted by Crippen LogP contribution is 2.25. The molecule has 9 heteroatoms. The molecule has 3 aromatic rings. The van der Waals surface area contributed by atoms with Gasteiger partial charge in [0.25, 0.3) is 5.91 Å². The van der Waals surface area contributed by atoms with E-state index >= 15 is 0 Å². The van der Waals surface area contributed by atoms with Crippen LogP contribution in [-0.4, -0.2) is 34.6 Å². The van der Waals surface area contributed by atoms with Gasteiger partial charge in [-0.1, -0.05) is 35.0 Å². The molecule has 1 N–H and O–H groups in total. The van der Waals surface area contributed by atoms with E-state index in [4.69, 9.17) is 21.2 Å². The lowest BCUT2D eigenvalue weighted by Crippen LogP contribution is -2.28. The third-order valence-corrected chi connectivity index (χ3v) is 5.58. The van der Waals surface area contributed by atoms with Gasteiger partial charge in [-0.3, -0.25) is 9.48 Å². The van der Waals surface area contributed by atoms with E-state index in [9.17, 15) is 4.79 Å². The van der Waals surface area contributed by atoms with Crippen LogP contribution in [0.2, 0.25) is 5.02 Å². The topological polar surface area (TPSA) is 77.7 Å². The molecule has 0 saturated carbocycles. The van der Waals surface area contributed by atoms with Gasteiger partial charge in [-0.25, -0.2) is 0 Å². The Morgan fingerprint density at radius 2 is 2.07 bits per heavy atom. The molecule has 1 aromatic heterocycles. The van der Waals surface area contributed by atoms with Crippen LogP contribution in [0.3, 0.4) is 0 Å². The number of carbonyl (C=O) groups is 1. The van der Waals surface area contributed by atoms with Crippen LogP contribution in [0.5, 0.6) is 5.75 Å². The van der Waals surface area contributed by atoms with Gasteiger partial charge >= 0.3 is 0 Å². The van der Waals surface area contributed by atoms with Gasteiger partial charge in [-0.05, 0) is 57.4 Å². The molecule has 0 aliphatic carbocycles. The number of halogens is 2. The minimum absolute atomic E-state index is 0.314. The molecular weight excluding hydrogens is 472 g/mol. The number of anilines is 1. The quantitative estimate of drug-likeness (QED) is 0.553. The maximum Gasteiger partial charge on any atom is 0.269 e. The molecule has 1 aliphatic rings. The van der Waals surface area contributed by atoms with Crippen molar-refractivity contribution in [3.63, 3.8) is 0 Å². The second-order valence-electron chi connectivity index (χ2n) is 6.67. The first-order valence-electron chi connectivity index (χ1n) is 9.18. The summed E-state index contributed by atoms with van der Waals surface area (Å²) < 4.78 is 7.53. The van der Waals surface area contributed by atoms with Crippen LogP contribution in [0.1, 0.15) is 17.5 Å². The summed E-state index contributed by atoms with van der Waals surface area (Å²) in [5, 5.41) is 11.9. The number of methoxy groups -OCH3 is 1. The van der Waals surface area contributed by atoms with Crippen molar-refractivity contribution in [2.45, 2.75) is 19.1 Å². The van der Waals surface area contributed by atoms with Gasteiger partial charge in [0, 0.05) is 17.6 Å². The molecule has 2 heterocycles. The minimum Gasteiger partial charge on any atom is -0.497 e. The Labute approximate surface area is 186 Å². The molecule has 0 radical (unpaired) electrons. The zero-order chi connectivity index (χ0) is 21.1. The zero-order valence-corrected chi connectivity index (χ0v) is 18.4. The Hall–Kier alpha value is -2.84. The third-order valence-electron chi connectivity index (χ3n) is 4.63. The molecule has 0 spiro atoms. The Morgan fingerprint density at radius 1 is 1.30 bits per heavy atom. The Morgan fingerprint density at radius 3 is 2.80 bits per heavy atom. The summed E-state index contributed by atoms with van der Waals surface area (Å²) in [6.07, 6.45) is 1.44. The predicted molar refractivity (Wildman–Crippen MR) is 118 cm³/mol. The van der Waals surface area contributed by atoms with Gasteiger partial charge in [-0.15, -0.1) is 0 Å². The van der Waals surface area contributed by atoms with Crippen LogP contribution in [0, 0.1) is 0 Å². The lowest BCUT2D eigenvalue weighted by atomic mass is 10.0. The summed E-state index contributed by atoms with van der Waals surface area (Å²) in [5.74, 6) is 0.851. The van der Waals surface area contributed by atoms with Crippen molar-refractivity contribution in [2.24, 2.45) is 5.16 Å². The number of nitrogens with zero attached hydrogens (tertiary/aromatic N) is 3. The molecule has 1 unspecified atom stereocenters. The summed E-state index contributed by atoms with van der Waals surface area (Å²) in [6, 6.07) is 15.0. The van der Waals surface area contributed by atoms with Gasteiger partial charge in [0.2, 0.25) is 6.10 Å². The van der Waals surface area contributed by atoms with Crippen LogP contribution in [-0.2, 0) is 16.2 Å². The Bertz CT molecular complexity index is 1100. The molecular formula is C21H18BrClN4O3. The highest BCUT2D eigenvalue weighted by molar-refractivity contribution is 9.10. The fraction of sp³-hybridized carbons (Fsp3) is 0.190. The van der Waals surface area contributed by atoms with Crippen LogP contribution in [0.4, 0.5) is 5.82 Å². The summed E-state index contributed by atoms with van der Waals surface area (Å²) in [6.45, 7) is 0.485. The fourth-order valence-corrected chi connectivity index (χ4v) is 3.64. The molecule has 154 valence electrons. The second-order valence-corrected chi connectivity index (χ2v) is 7.93. The van der Waals surface area contributed by atoms with Gasteiger partial charge in [0.1, 0.15) is 5.75 Å². The van der Waals surface area contributed by atoms with Crippen molar-refractivity contribution in [2.75, 3.05) is 12.4 Å². The highest BCUT2D eigenvalue weighted by atomic mass is 79.9. The minimum atomic E-state index is -0.720. The van der Waals surface area contributed by atoms with E-state index in [2.05, 4.69) is 31.5 Å². The largest absolute Gasteiger partial charge is 0.497 e. The molecule has 1 atom stereocenters. The molecule has 2 aromatic carbocycles. The summed E-state index contributed by atoms with van der Waals surface area (Å²) >= 11 is 9.65. The van der Waals surface area contributed by atoms with E-state index in [1.165, 1.54) is 0 Å². The van der Waals surface area contributed by atoms with Crippen molar-refractivity contribution >= 4 is 45.0 Å². The Balaban J connectivity index is 1.38. The van der Waals surface area contributed by atoms with Crippen LogP contribution in [0.15, 0.2) is 64.4 Å². The predicted octanol–water partition coefficient (Wildman–Crippen LogP) is 4.49. The van der Waals surface area contributed by atoms with Crippen LogP contribution in [0.25, 0.3) is 0 Å². The fourth-order valence-electron chi connectivity index (χ4n) is 3.03. The average molecular weight is 490 g/mol. The number of hydrogen-bond acceptors (Lipinski definition) is 5. The van der Waals surface area contributed by atoms with E-state index in [1.807, 2.05) is 48.5 Å². The number of oxime groups is 1. The monoisotopic (exact) mass is 488 g/mol. The molecule has 7 nitrogen and oxygen atoms in total. The lowest BCUT2D eigenvalue weighted by Gasteiger charge is -2.08. The van der Waals surface area contributed by atoms with Gasteiger partial charge in [0.15, 0.2) is 5.82 Å². The van der Waals surface area contributed by atoms with Crippen molar-refractivity contribution in [1.29, 1.82) is 0 Å². The second kappa shape index (κ2) is 8.89. The molecule has 1 amide bonds. The summed E-state index contributed by atoms with van der Waals surface area (Å²) in [7, 11) is 1.61. The Kier molecular flexibility index (Phi) is 6.06. The van der Waals surface area contributed by atoms with Crippen molar-refractivity contribution in [1.82, 2.24) is 9.78 Å². The van der Waals surface area contributed by atoms with Crippen LogP contribution < -0.4 is 10.1 Å². The molecule has 0 fully saturated rings. The molecule has 1 aliphatic heterocycles. The maximum atomic E-state index is 12.6. The number of amides is 1. The molecule has 4 rings (SSSR count). The van der Waals surface area contributed by atoms with E-state index in [0.717, 1.165) is 16.9 Å². The van der Waals surface area contributed by atoms with Crippen LogP contribution >= 0.6 is 27.5 Å². The number of hydrogen-bond donors (Lipinski definition) is 1.